The Morgan fingerprint density at radius 2 is 0.917 bits per heavy atom. The maximum atomic E-state index is 9.18. The molecule has 0 heterocycles. The first-order chi connectivity index (χ1) is 17.1. The molecular weight excluding hydrogens is 500 g/mol. The van der Waals surface area contributed by atoms with Gasteiger partial charge in [0, 0.05) is 19.5 Å². The molecule has 0 amide bonds. The smallest absolute Gasteiger partial charge is 0.373 e. The van der Waals surface area contributed by atoms with Crippen molar-refractivity contribution in [3.8, 4) is 0 Å². The standard InChI is InChI=1S/3C3H7NO3.3C2H7NO.CO2/c3*4-3(7-6)1-2-5;3*3-1-2-4;2-1-3/h3*4-6H,1-2H2;3*4H,1-3H2;. The average Bonchev–Trinajstić information content (AvgIpc) is 2.90. The summed E-state index contributed by atoms with van der Waals surface area (Å²) in [5, 5.41) is 91.3. The van der Waals surface area contributed by atoms with Crippen LogP contribution in [0, 0.1) is 16.2 Å². The minimum Gasteiger partial charge on any atom is -0.663 e. The van der Waals surface area contributed by atoms with Gasteiger partial charge in [-0.25, -0.2) is 10.5 Å². The van der Waals surface area contributed by atoms with Gasteiger partial charge >= 0.3 is 6.15 Å². The monoisotopic (exact) mass is 542 g/mol. The molecule has 0 aromatic carbocycles. The highest BCUT2D eigenvalue weighted by Crippen LogP contribution is 1.79. The third-order valence-corrected chi connectivity index (χ3v) is 1.75. The Bertz CT molecular complexity index is 385. The van der Waals surface area contributed by atoms with Gasteiger partial charge in [0.05, 0.1) is 59.0 Å². The van der Waals surface area contributed by atoms with Gasteiger partial charge in [0.15, 0.2) is 5.90 Å². The van der Waals surface area contributed by atoms with Gasteiger partial charge in [-0.2, -0.15) is 9.59 Å². The molecule has 0 atom stereocenters. The zero-order valence-corrected chi connectivity index (χ0v) is 19.9. The second kappa shape index (κ2) is 63.6. The zero-order valence-electron chi connectivity index (χ0n) is 19.9. The van der Waals surface area contributed by atoms with Crippen LogP contribution in [0.4, 0.5) is 0 Å². The first-order valence-corrected chi connectivity index (χ1v) is 9.58. The Kier molecular flexibility index (Phi) is 88.8. The van der Waals surface area contributed by atoms with Gasteiger partial charge < -0.3 is 67.8 Å². The minimum atomic E-state index is -0.428. The molecule has 0 spiro atoms. The molecule has 0 aliphatic heterocycles. The molecule has 36 heavy (non-hydrogen) atoms. The van der Waals surface area contributed by atoms with E-state index in [1.807, 2.05) is 0 Å². The first kappa shape index (κ1) is 50.2. The summed E-state index contributed by atoms with van der Waals surface area (Å²) in [6.45, 7) is 1.24. The van der Waals surface area contributed by atoms with Crippen LogP contribution in [0.15, 0.2) is 0 Å². The van der Waals surface area contributed by atoms with Gasteiger partial charge in [-0.05, 0) is 0 Å². The van der Waals surface area contributed by atoms with Crippen molar-refractivity contribution in [3.05, 3.63) is 0 Å². The lowest BCUT2D eigenvalue weighted by Crippen LogP contribution is -2.51. The fraction of sp³-hybridized carbons (Fsp3) is 0.750. The number of quaternary nitrogens is 1. The van der Waals surface area contributed by atoms with Crippen molar-refractivity contribution in [1.82, 2.24) is 0 Å². The Morgan fingerprint density at radius 3 is 0.972 bits per heavy atom. The summed E-state index contributed by atoms with van der Waals surface area (Å²) < 4.78 is 0. The van der Waals surface area contributed by atoms with E-state index in [0.717, 1.165) is 0 Å². The van der Waals surface area contributed by atoms with Gasteiger partial charge in [-0.3, -0.25) is 16.2 Å². The average molecular weight is 543 g/mol. The number of rotatable bonds is 9. The fourth-order valence-corrected chi connectivity index (χ4v) is 0.438. The number of nitrogens with two attached hydrogens (primary N) is 2. The van der Waals surface area contributed by atoms with E-state index in [9.17, 15) is 5.26 Å². The lowest BCUT2D eigenvalue weighted by molar-refractivity contribution is -0.650. The molecule has 20 heteroatoms. The van der Waals surface area contributed by atoms with E-state index < -0.39 is 5.90 Å². The maximum Gasteiger partial charge on any atom is 0.373 e. The SMILES string of the molecule is N=C(CCO)OO.N=C(CCO)OO.N=C(CCO)O[O-].NCCO.NCCO.O=C=O.[NH3+]CCO. The highest BCUT2D eigenvalue weighted by atomic mass is 17.1. The molecule has 0 saturated carbocycles. The van der Waals surface area contributed by atoms with Crippen LogP contribution < -0.4 is 22.5 Å². The van der Waals surface area contributed by atoms with Crippen molar-refractivity contribution in [2.24, 2.45) is 11.5 Å². The molecule has 0 rings (SSSR count). The van der Waals surface area contributed by atoms with Crippen molar-refractivity contribution >= 4 is 23.8 Å². The highest BCUT2D eigenvalue weighted by molar-refractivity contribution is 5.72. The van der Waals surface area contributed by atoms with Crippen molar-refractivity contribution in [2.75, 3.05) is 59.3 Å². The third kappa shape index (κ3) is 123. The molecule has 220 valence electrons. The Hall–Kier alpha value is -2.69. The molecular formula is C16H42N6O14. The summed E-state index contributed by atoms with van der Waals surface area (Å²) in [5.74, 6) is -1.06. The number of carbonyl (C=O) groups excluding carboxylic acids is 2. The second-order valence-electron chi connectivity index (χ2n) is 4.64. The number of nitrogens with one attached hydrogen (secondary N) is 3. The molecule has 18 N–H and O–H groups in total. The first-order valence-electron chi connectivity index (χ1n) is 9.58. The molecule has 0 unspecified atom stereocenters. The summed E-state index contributed by atoms with van der Waals surface area (Å²) in [5.41, 5.74) is 12.9. The van der Waals surface area contributed by atoms with E-state index in [0.29, 0.717) is 19.6 Å². The topological polar surface area (TPSA) is 398 Å². The van der Waals surface area contributed by atoms with Crippen molar-refractivity contribution in [1.29, 1.82) is 16.2 Å². The minimum absolute atomic E-state index is 0.00347. The fourth-order valence-electron chi connectivity index (χ4n) is 0.438. The normalized spacial score (nSPS) is 7.56. The molecule has 0 aromatic heterocycles. The Labute approximate surface area is 207 Å². The van der Waals surface area contributed by atoms with Crippen molar-refractivity contribution in [2.45, 2.75) is 19.3 Å². The third-order valence-electron chi connectivity index (χ3n) is 1.75. The van der Waals surface area contributed by atoms with Gasteiger partial charge in [-0.1, -0.05) is 0 Å². The summed E-state index contributed by atoms with van der Waals surface area (Å²) in [4.78, 5) is 26.2. The van der Waals surface area contributed by atoms with E-state index >= 15 is 0 Å². The summed E-state index contributed by atoms with van der Waals surface area (Å²) in [6.07, 6.45) is 0.385. The summed E-state index contributed by atoms with van der Waals surface area (Å²) >= 11 is 0. The van der Waals surface area contributed by atoms with Crippen molar-refractivity contribution < 1.29 is 76.4 Å². The van der Waals surface area contributed by atoms with Gasteiger partial charge in [0.1, 0.15) is 0 Å². The summed E-state index contributed by atoms with van der Waals surface area (Å²) in [6, 6.07) is 0. The van der Waals surface area contributed by atoms with Crippen LogP contribution in [0.1, 0.15) is 19.3 Å². The van der Waals surface area contributed by atoms with E-state index in [2.05, 4.69) is 20.4 Å². The number of aliphatic hydroxyl groups excluding tert-OH is 6. The van der Waals surface area contributed by atoms with Gasteiger partial charge in [0.25, 0.3) is 0 Å². The van der Waals surface area contributed by atoms with Crippen LogP contribution in [0.3, 0.4) is 0 Å². The van der Waals surface area contributed by atoms with E-state index in [4.69, 9.17) is 78.4 Å². The summed E-state index contributed by atoms with van der Waals surface area (Å²) in [7, 11) is 0. The number of hydrogen-bond acceptors (Lipinski definition) is 19. The molecule has 20 nitrogen and oxygen atoms in total. The molecule has 0 aromatic rings. The predicted molar refractivity (Wildman–Crippen MR) is 119 cm³/mol. The van der Waals surface area contributed by atoms with Crippen LogP contribution in [-0.4, -0.2) is 124 Å². The quantitative estimate of drug-likeness (QED) is 0.0557. The zero-order chi connectivity index (χ0) is 30.0. The molecule has 0 aliphatic rings. The lowest BCUT2D eigenvalue weighted by Gasteiger charge is -2.05. The Morgan fingerprint density at radius 1 is 0.694 bits per heavy atom. The van der Waals surface area contributed by atoms with Crippen LogP contribution in [0.25, 0.3) is 0 Å². The second-order valence-corrected chi connectivity index (χ2v) is 4.64. The van der Waals surface area contributed by atoms with Crippen LogP contribution in [-0.2, 0) is 24.3 Å². The van der Waals surface area contributed by atoms with Crippen LogP contribution in [0.2, 0.25) is 0 Å². The number of hydrogen-bond donors (Lipinski definition) is 14. The van der Waals surface area contributed by atoms with E-state index in [1.165, 1.54) is 0 Å². The van der Waals surface area contributed by atoms with Crippen molar-refractivity contribution in [3.63, 3.8) is 0 Å². The van der Waals surface area contributed by atoms with Gasteiger partial charge in [0.2, 0.25) is 11.8 Å². The highest BCUT2D eigenvalue weighted by Gasteiger charge is 1.91. The molecule has 0 bridgehead atoms. The lowest BCUT2D eigenvalue weighted by atomic mass is 10.5. The van der Waals surface area contributed by atoms with E-state index in [1.54, 1.807) is 0 Å². The Balaban J connectivity index is -0.0000000558. The van der Waals surface area contributed by atoms with Crippen LogP contribution >= 0.6 is 0 Å². The molecule has 0 radical (unpaired) electrons. The number of aliphatic hydroxyl groups is 6. The van der Waals surface area contributed by atoms with Crippen LogP contribution in [0.5, 0.6) is 0 Å². The van der Waals surface area contributed by atoms with Gasteiger partial charge in [-0.15, -0.1) is 0 Å². The molecule has 0 aliphatic carbocycles. The predicted octanol–water partition coefficient (Wildman–Crippen LogP) is -6.18. The molecule has 0 saturated heterocycles. The largest absolute Gasteiger partial charge is 0.663 e. The van der Waals surface area contributed by atoms with E-state index in [-0.39, 0.29) is 76.9 Å². The maximum absolute atomic E-state index is 9.18. The molecule has 0 fully saturated rings.